The first kappa shape index (κ1) is 18.7. The minimum atomic E-state index is -0.296. The number of hydrogen-bond acceptors (Lipinski definition) is 2. The molecule has 1 aliphatic rings. The number of carbonyl (C=O) groups is 2. The fraction of sp³-hybridized carbons (Fsp3) is 0.167. The molecule has 0 aromatic heterocycles. The van der Waals surface area contributed by atoms with Crippen LogP contribution in [0.4, 0.5) is 16.2 Å². The quantitative estimate of drug-likeness (QED) is 0.694. The molecule has 29 heavy (non-hydrogen) atoms. The lowest BCUT2D eigenvalue weighted by Crippen LogP contribution is -2.33. The van der Waals surface area contributed by atoms with Crippen molar-refractivity contribution >= 4 is 23.3 Å². The fourth-order valence-corrected chi connectivity index (χ4v) is 3.73. The molecule has 2 N–H and O–H groups in total. The van der Waals surface area contributed by atoms with Crippen LogP contribution in [0.1, 0.15) is 29.7 Å². The molecule has 3 aromatic rings. The molecule has 4 rings (SSSR count). The molecule has 0 bridgehead atoms. The minimum absolute atomic E-state index is 0.0126. The number of anilines is 2. The van der Waals surface area contributed by atoms with E-state index in [1.807, 2.05) is 78.9 Å². The summed E-state index contributed by atoms with van der Waals surface area (Å²) in [5.41, 5.74) is 4.67. The molecule has 1 heterocycles. The molecule has 146 valence electrons. The Morgan fingerprint density at radius 3 is 2.10 bits per heavy atom. The van der Waals surface area contributed by atoms with Crippen LogP contribution in [-0.4, -0.2) is 18.5 Å². The van der Waals surface area contributed by atoms with Crippen LogP contribution in [0.25, 0.3) is 0 Å². The lowest BCUT2D eigenvalue weighted by Gasteiger charge is -2.21. The second-order valence-electron chi connectivity index (χ2n) is 7.12. The molecule has 5 heteroatoms. The molecule has 0 spiro atoms. The number of fused-ring (bicyclic) bond motifs is 1. The third-order valence-corrected chi connectivity index (χ3v) is 5.16. The maximum absolute atomic E-state index is 12.8. The lowest BCUT2D eigenvalue weighted by molar-refractivity contribution is -0.116. The van der Waals surface area contributed by atoms with E-state index in [1.165, 1.54) is 0 Å². The zero-order chi connectivity index (χ0) is 20.2. The Kier molecular flexibility index (Phi) is 5.29. The summed E-state index contributed by atoms with van der Waals surface area (Å²) in [5.74, 6) is 0.0126. The van der Waals surface area contributed by atoms with E-state index >= 15 is 0 Å². The molecule has 0 unspecified atom stereocenters. The van der Waals surface area contributed by atoms with E-state index in [-0.39, 0.29) is 18.0 Å². The number of rotatable bonds is 4. The van der Waals surface area contributed by atoms with Gasteiger partial charge in [-0.05, 0) is 35.2 Å². The Balaban J connectivity index is 1.54. The number of nitrogens with one attached hydrogen (secondary N) is 2. The van der Waals surface area contributed by atoms with Crippen molar-refractivity contribution in [1.82, 2.24) is 5.32 Å². The van der Waals surface area contributed by atoms with Crippen LogP contribution >= 0.6 is 0 Å². The molecule has 1 aliphatic heterocycles. The number of benzene rings is 3. The van der Waals surface area contributed by atoms with E-state index in [0.29, 0.717) is 12.2 Å². The van der Waals surface area contributed by atoms with E-state index in [9.17, 15) is 9.59 Å². The van der Waals surface area contributed by atoms with Gasteiger partial charge >= 0.3 is 6.03 Å². The van der Waals surface area contributed by atoms with Gasteiger partial charge in [-0.3, -0.25) is 4.79 Å². The largest absolute Gasteiger partial charge is 0.327 e. The van der Waals surface area contributed by atoms with Crippen LogP contribution in [-0.2, 0) is 11.2 Å². The van der Waals surface area contributed by atoms with Crippen molar-refractivity contribution in [3.8, 4) is 0 Å². The van der Waals surface area contributed by atoms with E-state index in [2.05, 4.69) is 10.6 Å². The summed E-state index contributed by atoms with van der Waals surface area (Å²) in [6, 6.07) is 24.9. The van der Waals surface area contributed by atoms with Gasteiger partial charge < -0.3 is 15.5 Å². The van der Waals surface area contributed by atoms with Gasteiger partial charge in [-0.25, -0.2) is 4.79 Å². The van der Waals surface area contributed by atoms with Crippen molar-refractivity contribution in [3.05, 3.63) is 95.6 Å². The summed E-state index contributed by atoms with van der Waals surface area (Å²) in [7, 11) is 0. The molecular weight excluding hydrogens is 362 g/mol. The molecule has 3 aromatic carbocycles. The van der Waals surface area contributed by atoms with E-state index in [1.54, 1.807) is 11.8 Å². The summed E-state index contributed by atoms with van der Waals surface area (Å²) in [6.45, 7) is 2.25. The van der Waals surface area contributed by atoms with Crippen LogP contribution in [0.15, 0.2) is 78.9 Å². The van der Waals surface area contributed by atoms with Crippen LogP contribution < -0.4 is 15.5 Å². The molecule has 0 atom stereocenters. The lowest BCUT2D eigenvalue weighted by atomic mass is 9.99. The summed E-state index contributed by atoms with van der Waals surface area (Å²) in [4.78, 5) is 26.4. The van der Waals surface area contributed by atoms with Gasteiger partial charge in [0, 0.05) is 24.8 Å². The number of nitrogens with zero attached hydrogens (tertiary/aromatic N) is 1. The monoisotopic (exact) mass is 385 g/mol. The summed E-state index contributed by atoms with van der Waals surface area (Å²) in [5, 5.41) is 5.98. The van der Waals surface area contributed by atoms with Crippen molar-refractivity contribution in [2.24, 2.45) is 0 Å². The van der Waals surface area contributed by atoms with Crippen LogP contribution in [0.5, 0.6) is 0 Å². The molecule has 0 fully saturated rings. The van der Waals surface area contributed by atoms with Crippen LogP contribution in [0.3, 0.4) is 0 Å². The maximum Gasteiger partial charge on any atom is 0.319 e. The van der Waals surface area contributed by atoms with Crippen molar-refractivity contribution in [1.29, 1.82) is 0 Å². The number of urea groups is 1. The Labute approximate surface area is 170 Å². The first-order chi connectivity index (χ1) is 14.1. The Hall–Kier alpha value is -3.60. The standard InChI is InChI=1S/C24H23N3O2/c1-17(28)27-15-14-18-12-13-21(16-22(18)27)25-24(29)26-23(19-8-4-2-5-9-19)20-10-6-3-7-11-20/h2-13,16,23H,14-15H2,1H3,(H2,25,26,29). The predicted octanol–water partition coefficient (Wildman–Crippen LogP) is 4.51. The summed E-state index contributed by atoms with van der Waals surface area (Å²) >= 11 is 0. The molecule has 0 radical (unpaired) electrons. The first-order valence-electron chi connectivity index (χ1n) is 9.70. The van der Waals surface area contributed by atoms with Crippen molar-refractivity contribution in [2.75, 3.05) is 16.8 Å². The van der Waals surface area contributed by atoms with Gasteiger partial charge in [-0.2, -0.15) is 0 Å². The van der Waals surface area contributed by atoms with Gasteiger partial charge in [0.25, 0.3) is 0 Å². The van der Waals surface area contributed by atoms with Gasteiger partial charge in [-0.1, -0.05) is 66.7 Å². The fourth-order valence-electron chi connectivity index (χ4n) is 3.73. The molecule has 3 amide bonds. The average Bonchev–Trinajstić information content (AvgIpc) is 3.17. The van der Waals surface area contributed by atoms with Gasteiger partial charge in [-0.15, -0.1) is 0 Å². The van der Waals surface area contributed by atoms with Crippen molar-refractivity contribution < 1.29 is 9.59 Å². The highest BCUT2D eigenvalue weighted by molar-refractivity contribution is 5.96. The average molecular weight is 385 g/mol. The van der Waals surface area contributed by atoms with Gasteiger partial charge in [0.05, 0.1) is 6.04 Å². The highest BCUT2D eigenvalue weighted by Gasteiger charge is 2.23. The van der Waals surface area contributed by atoms with Gasteiger partial charge in [0.15, 0.2) is 0 Å². The highest BCUT2D eigenvalue weighted by Crippen LogP contribution is 2.31. The molecule has 5 nitrogen and oxygen atoms in total. The topological polar surface area (TPSA) is 61.4 Å². The zero-order valence-electron chi connectivity index (χ0n) is 16.3. The second kappa shape index (κ2) is 8.19. The predicted molar refractivity (Wildman–Crippen MR) is 115 cm³/mol. The van der Waals surface area contributed by atoms with Crippen molar-refractivity contribution in [3.63, 3.8) is 0 Å². The molecule has 0 saturated heterocycles. The van der Waals surface area contributed by atoms with Gasteiger partial charge in [0.2, 0.25) is 5.91 Å². The van der Waals surface area contributed by atoms with Crippen LogP contribution in [0.2, 0.25) is 0 Å². The highest BCUT2D eigenvalue weighted by atomic mass is 16.2. The normalized spacial score (nSPS) is 12.6. The van der Waals surface area contributed by atoms with E-state index < -0.39 is 0 Å². The summed E-state index contributed by atoms with van der Waals surface area (Å²) < 4.78 is 0. The first-order valence-corrected chi connectivity index (χ1v) is 9.70. The third-order valence-electron chi connectivity index (χ3n) is 5.16. The Morgan fingerprint density at radius 1 is 0.897 bits per heavy atom. The Morgan fingerprint density at radius 2 is 1.52 bits per heavy atom. The SMILES string of the molecule is CC(=O)N1CCc2ccc(NC(=O)NC(c3ccccc3)c3ccccc3)cc21. The Bertz CT molecular complexity index is 979. The second-order valence-corrected chi connectivity index (χ2v) is 7.12. The number of hydrogen-bond donors (Lipinski definition) is 2. The number of amides is 3. The minimum Gasteiger partial charge on any atom is -0.327 e. The van der Waals surface area contributed by atoms with E-state index in [4.69, 9.17) is 0 Å². The smallest absolute Gasteiger partial charge is 0.319 e. The summed E-state index contributed by atoms with van der Waals surface area (Å²) in [6.07, 6.45) is 0.839. The molecule has 0 saturated carbocycles. The molecule has 0 aliphatic carbocycles. The maximum atomic E-state index is 12.8. The van der Waals surface area contributed by atoms with Crippen LogP contribution in [0, 0.1) is 0 Å². The van der Waals surface area contributed by atoms with Crippen molar-refractivity contribution in [2.45, 2.75) is 19.4 Å². The molecular formula is C24H23N3O2. The number of carbonyl (C=O) groups excluding carboxylic acids is 2. The third kappa shape index (κ3) is 4.14. The zero-order valence-corrected chi connectivity index (χ0v) is 16.3. The van der Waals surface area contributed by atoms with Gasteiger partial charge in [0.1, 0.15) is 0 Å². The van der Waals surface area contributed by atoms with E-state index in [0.717, 1.165) is 28.8 Å².